The van der Waals surface area contributed by atoms with Crippen LogP contribution in [0.5, 0.6) is 0 Å². The van der Waals surface area contributed by atoms with Crippen LogP contribution in [0.3, 0.4) is 0 Å². The molecular weight excluding hydrogens is 274 g/mol. The molecule has 0 bridgehead atoms. The highest BCUT2D eigenvalue weighted by Crippen LogP contribution is 2.49. The molecule has 0 atom stereocenters. The van der Waals surface area contributed by atoms with Crippen molar-refractivity contribution < 1.29 is 13.3 Å². The molecule has 20 heavy (non-hydrogen) atoms. The van der Waals surface area contributed by atoms with Gasteiger partial charge in [-0.25, -0.2) is 0 Å². The average Bonchev–Trinajstić information content (AvgIpc) is 2.40. The largest absolute Gasteiger partial charge is 0.507 e. The van der Waals surface area contributed by atoms with Gasteiger partial charge in [-0.05, 0) is 59.7 Å². The molecule has 0 saturated heterocycles. The summed E-state index contributed by atoms with van der Waals surface area (Å²) in [7, 11) is -2.88. The minimum Gasteiger partial charge on any atom is -0.373 e. The standard InChI is InChI=1S/C13H33N3O3Si/c1-4-17-20(18-5-2,19-6-3)13(7-10-14,8-11-15)9-12-16/h4-12,14-16H2,1-3H3. The molecule has 0 unspecified atom stereocenters. The van der Waals surface area contributed by atoms with Crippen molar-refractivity contribution >= 4 is 8.80 Å². The summed E-state index contributed by atoms with van der Waals surface area (Å²) in [4.78, 5) is 0. The van der Waals surface area contributed by atoms with Crippen molar-refractivity contribution in [2.75, 3.05) is 39.5 Å². The number of hydrogen-bond acceptors (Lipinski definition) is 6. The Morgan fingerprint density at radius 1 is 0.700 bits per heavy atom. The predicted molar refractivity (Wildman–Crippen MR) is 84.3 cm³/mol. The second kappa shape index (κ2) is 10.7. The average molecular weight is 308 g/mol. The summed E-state index contributed by atoms with van der Waals surface area (Å²) < 4.78 is 18.2. The van der Waals surface area contributed by atoms with Gasteiger partial charge in [0.25, 0.3) is 0 Å². The summed E-state index contributed by atoms with van der Waals surface area (Å²) in [5, 5.41) is -0.284. The number of nitrogens with two attached hydrogens (primary N) is 3. The monoisotopic (exact) mass is 307 g/mol. The van der Waals surface area contributed by atoms with Gasteiger partial charge in [-0.15, -0.1) is 0 Å². The predicted octanol–water partition coefficient (Wildman–Crippen LogP) is 0.822. The van der Waals surface area contributed by atoms with Crippen molar-refractivity contribution in [3.8, 4) is 0 Å². The molecule has 0 aromatic rings. The van der Waals surface area contributed by atoms with Crippen molar-refractivity contribution in [3.63, 3.8) is 0 Å². The van der Waals surface area contributed by atoms with E-state index in [2.05, 4.69) is 0 Å². The third-order valence-electron chi connectivity index (χ3n) is 3.52. The molecule has 0 aliphatic heterocycles. The topological polar surface area (TPSA) is 106 Å². The summed E-state index contributed by atoms with van der Waals surface area (Å²) in [5.41, 5.74) is 17.5. The first kappa shape index (κ1) is 20.0. The normalized spacial score (nSPS) is 12.9. The maximum Gasteiger partial charge on any atom is 0.507 e. The van der Waals surface area contributed by atoms with E-state index in [9.17, 15) is 0 Å². The first-order valence-electron chi connectivity index (χ1n) is 7.64. The Balaban J connectivity index is 5.62. The highest BCUT2D eigenvalue weighted by Gasteiger charge is 2.59. The van der Waals surface area contributed by atoms with Gasteiger partial charge in [0.15, 0.2) is 0 Å². The summed E-state index contributed by atoms with van der Waals surface area (Å²) >= 11 is 0. The second-order valence-electron chi connectivity index (χ2n) is 4.75. The van der Waals surface area contributed by atoms with Gasteiger partial charge in [0.1, 0.15) is 0 Å². The second-order valence-corrected chi connectivity index (χ2v) is 7.79. The highest BCUT2D eigenvalue weighted by molar-refractivity contribution is 6.64. The fourth-order valence-electron chi connectivity index (χ4n) is 2.82. The minimum absolute atomic E-state index is 0.284. The molecule has 0 spiro atoms. The van der Waals surface area contributed by atoms with Gasteiger partial charge in [-0.1, -0.05) is 0 Å². The van der Waals surface area contributed by atoms with E-state index in [0.717, 1.165) is 19.3 Å². The fraction of sp³-hybridized carbons (Fsp3) is 1.00. The van der Waals surface area contributed by atoms with E-state index in [0.29, 0.717) is 39.5 Å². The van der Waals surface area contributed by atoms with Crippen molar-refractivity contribution in [1.29, 1.82) is 0 Å². The molecule has 0 saturated carbocycles. The molecule has 0 aliphatic rings. The van der Waals surface area contributed by atoms with Gasteiger partial charge < -0.3 is 30.5 Å². The summed E-state index contributed by atoms with van der Waals surface area (Å²) in [6, 6.07) is 0. The van der Waals surface area contributed by atoms with Crippen LogP contribution in [-0.4, -0.2) is 48.3 Å². The lowest BCUT2D eigenvalue weighted by Crippen LogP contribution is -2.58. The van der Waals surface area contributed by atoms with Gasteiger partial charge >= 0.3 is 8.80 Å². The molecule has 122 valence electrons. The molecule has 0 amide bonds. The van der Waals surface area contributed by atoms with Crippen LogP contribution in [0.25, 0.3) is 0 Å². The highest BCUT2D eigenvalue weighted by atomic mass is 28.4. The molecule has 0 rings (SSSR count). The van der Waals surface area contributed by atoms with Crippen LogP contribution in [0.15, 0.2) is 0 Å². The minimum atomic E-state index is -2.88. The first-order chi connectivity index (χ1) is 9.61. The Bertz CT molecular complexity index is 187. The van der Waals surface area contributed by atoms with E-state index in [1.165, 1.54) is 0 Å². The smallest absolute Gasteiger partial charge is 0.373 e. The molecule has 0 aliphatic carbocycles. The van der Waals surface area contributed by atoms with Gasteiger partial charge in [0.05, 0.1) is 0 Å². The molecular formula is C13H33N3O3Si. The fourth-order valence-corrected chi connectivity index (χ4v) is 6.48. The van der Waals surface area contributed by atoms with Crippen LogP contribution in [0.2, 0.25) is 5.04 Å². The number of rotatable bonds is 13. The lowest BCUT2D eigenvalue weighted by Gasteiger charge is -2.45. The van der Waals surface area contributed by atoms with Gasteiger partial charge in [0.2, 0.25) is 0 Å². The van der Waals surface area contributed by atoms with Gasteiger partial charge in [-0.3, -0.25) is 0 Å². The van der Waals surface area contributed by atoms with E-state index < -0.39 is 8.80 Å². The van der Waals surface area contributed by atoms with Gasteiger partial charge in [-0.2, -0.15) is 0 Å². The van der Waals surface area contributed by atoms with E-state index in [4.69, 9.17) is 30.5 Å². The van der Waals surface area contributed by atoms with Crippen molar-refractivity contribution in [3.05, 3.63) is 0 Å². The quantitative estimate of drug-likeness (QED) is 0.435. The van der Waals surface area contributed by atoms with Crippen LogP contribution >= 0.6 is 0 Å². The van der Waals surface area contributed by atoms with Crippen LogP contribution in [-0.2, 0) is 13.3 Å². The maximum absolute atomic E-state index is 6.06. The zero-order valence-corrected chi connectivity index (χ0v) is 14.3. The lowest BCUT2D eigenvalue weighted by atomic mass is 9.96. The Morgan fingerprint density at radius 2 is 1.00 bits per heavy atom. The lowest BCUT2D eigenvalue weighted by molar-refractivity contribution is 0.0375. The van der Waals surface area contributed by atoms with Crippen molar-refractivity contribution in [2.24, 2.45) is 17.2 Å². The van der Waals surface area contributed by atoms with Gasteiger partial charge in [0, 0.05) is 24.9 Å². The van der Waals surface area contributed by atoms with E-state index in [-0.39, 0.29) is 5.04 Å². The third kappa shape index (κ3) is 4.76. The Hall–Kier alpha value is -0.0231. The first-order valence-corrected chi connectivity index (χ1v) is 9.36. The van der Waals surface area contributed by atoms with Crippen molar-refractivity contribution in [2.45, 2.75) is 45.1 Å². The maximum atomic E-state index is 6.06. The zero-order valence-electron chi connectivity index (χ0n) is 13.3. The van der Waals surface area contributed by atoms with E-state index >= 15 is 0 Å². The molecule has 7 heteroatoms. The van der Waals surface area contributed by atoms with Crippen LogP contribution in [0, 0.1) is 0 Å². The van der Waals surface area contributed by atoms with Crippen molar-refractivity contribution in [1.82, 2.24) is 0 Å². The number of hydrogen-bond donors (Lipinski definition) is 3. The zero-order chi connectivity index (χ0) is 15.5. The van der Waals surface area contributed by atoms with E-state index in [1.807, 2.05) is 20.8 Å². The molecule has 6 nitrogen and oxygen atoms in total. The Morgan fingerprint density at radius 3 is 1.20 bits per heavy atom. The molecule has 0 heterocycles. The van der Waals surface area contributed by atoms with Crippen LogP contribution in [0.1, 0.15) is 40.0 Å². The van der Waals surface area contributed by atoms with Crippen LogP contribution < -0.4 is 17.2 Å². The Labute approximate surface area is 124 Å². The summed E-state index contributed by atoms with van der Waals surface area (Å²) in [6.45, 7) is 9.15. The Kier molecular flexibility index (Phi) is 10.7. The molecule has 0 fully saturated rings. The summed E-state index contributed by atoms with van der Waals surface area (Å²) in [5.74, 6) is 0. The molecule has 0 aromatic heterocycles. The van der Waals surface area contributed by atoms with E-state index in [1.54, 1.807) is 0 Å². The van der Waals surface area contributed by atoms with Crippen LogP contribution in [0.4, 0.5) is 0 Å². The molecule has 0 radical (unpaired) electrons. The summed E-state index contributed by atoms with van der Waals surface area (Å²) in [6.07, 6.45) is 2.27. The third-order valence-corrected chi connectivity index (χ3v) is 7.58. The molecule has 6 N–H and O–H groups in total. The SMILES string of the molecule is CCO[Si](OCC)(OCC)C(CCN)(CCN)CCN. The molecule has 0 aromatic carbocycles.